The molecular formula is C6H10N2O. The number of nitrogens with zero attached hydrogens (tertiary/aromatic N) is 2. The second-order valence-electron chi connectivity index (χ2n) is 2.17. The minimum Gasteiger partial charge on any atom is -0.298 e. The van der Waals surface area contributed by atoms with E-state index < -0.39 is 0 Å². The lowest BCUT2D eigenvalue weighted by molar-refractivity contribution is -0.179. The number of rotatable bonds is 0. The Balaban J connectivity index is 2.41. The van der Waals surface area contributed by atoms with Crippen LogP contribution in [0.5, 0.6) is 0 Å². The van der Waals surface area contributed by atoms with Crippen molar-refractivity contribution in [3.8, 4) is 6.07 Å². The Morgan fingerprint density at radius 2 is 2.56 bits per heavy atom. The van der Waals surface area contributed by atoms with Gasteiger partial charge >= 0.3 is 0 Å². The van der Waals surface area contributed by atoms with Crippen LogP contribution in [0.3, 0.4) is 0 Å². The molecule has 0 amide bonds. The van der Waals surface area contributed by atoms with Gasteiger partial charge in [-0.15, -0.1) is 0 Å². The quantitative estimate of drug-likeness (QED) is 0.475. The van der Waals surface area contributed by atoms with Crippen LogP contribution in [0.15, 0.2) is 0 Å². The molecule has 0 spiro atoms. The van der Waals surface area contributed by atoms with Crippen LogP contribution < -0.4 is 0 Å². The van der Waals surface area contributed by atoms with E-state index in [1.807, 2.05) is 0 Å². The van der Waals surface area contributed by atoms with Gasteiger partial charge in [-0.25, -0.2) is 0 Å². The van der Waals surface area contributed by atoms with E-state index in [2.05, 4.69) is 6.07 Å². The molecule has 50 valence electrons. The minimum absolute atomic E-state index is 0.0289. The molecule has 9 heavy (non-hydrogen) atoms. The Bertz CT molecular complexity index is 130. The Morgan fingerprint density at radius 1 is 1.78 bits per heavy atom. The molecule has 0 radical (unpaired) electrons. The standard InChI is InChI=1S/C6H10N2O/c1-8-6(5-7)3-2-4-9-8/h6H,2-4H2,1H3. The van der Waals surface area contributed by atoms with E-state index in [4.69, 9.17) is 10.1 Å². The molecule has 0 saturated carbocycles. The second kappa shape index (κ2) is 2.81. The summed E-state index contributed by atoms with van der Waals surface area (Å²) in [6.07, 6.45) is 1.94. The highest BCUT2D eigenvalue weighted by atomic mass is 16.7. The number of hydrogen-bond acceptors (Lipinski definition) is 3. The fourth-order valence-corrected chi connectivity index (χ4v) is 0.903. The van der Waals surface area contributed by atoms with Crippen molar-refractivity contribution in [2.45, 2.75) is 18.9 Å². The van der Waals surface area contributed by atoms with Gasteiger partial charge in [-0.05, 0) is 12.8 Å². The van der Waals surface area contributed by atoms with Gasteiger partial charge in [0.15, 0.2) is 0 Å². The Morgan fingerprint density at radius 3 is 3.00 bits per heavy atom. The maximum Gasteiger partial charge on any atom is 0.121 e. The molecule has 1 saturated heterocycles. The van der Waals surface area contributed by atoms with Gasteiger partial charge in [0.25, 0.3) is 0 Å². The van der Waals surface area contributed by atoms with E-state index in [1.165, 1.54) is 0 Å². The zero-order valence-electron chi connectivity index (χ0n) is 5.50. The van der Waals surface area contributed by atoms with Gasteiger partial charge in [0.2, 0.25) is 0 Å². The summed E-state index contributed by atoms with van der Waals surface area (Å²) < 4.78 is 0. The summed E-state index contributed by atoms with van der Waals surface area (Å²) in [6.45, 7) is 0.759. The van der Waals surface area contributed by atoms with Gasteiger partial charge in [0.05, 0.1) is 12.7 Å². The molecule has 1 fully saturated rings. The highest BCUT2D eigenvalue weighted by molar-refractivity contribution is 4.89. The van der Waals surface area contributed by atoms with Crippen molar-refractivity contribution < 1.29 is 4.84 Å². The highest BCUT2D eigenvalue weighted by Crippen LogP contribution is 2.10. The smallest absolute Gasteiger partial charge is 0.121 e. The van der Waals surface area contributed by atoms with Crippen molar-refractivity contribution in [3.63, 3.8) is 0 Å². The van der Waals surface area contributed by atoms with Crippen molar-refractivity contribution in [1.29, 1.82) is 5.26 Å². The summed E-state index contributed by atoms with van der Waals surface area (Å²) in [5.41, 5.74) is 0. The Kier molecular flexibility index (Phi) is 2.04. The lowest BCUT2D eigenvalue weighted by Crippen LogP contribution is -2.35. The maximum atomic E-state index is 8.49. The lowest BCUT2D eigenvalue weighted by atomic mass is 10.1. The molecule has 0 bridgehead atoms. The molecule has 0 aromatic heterocycles. The zero-order valence-corrected chi connectivity index (χ0v) is 5.50. The van der Waals surface area contributed by atoms with Crippen LogP contribution in [0.1, 0.15) is 12.8 Å². The molecule has 1 atom stereocenters. The van der Waals surface area contributed by atoms with Crippen LogP contribution in [-0.2, 0) is 4.84 Å². The third kappa shape index (κ3) is 1.41. The fourth-order valence-electron chi connectivity index (χ4n) is 0.903. The number of hydrogen-bond donors (Lipinski definition) is 0. The first kappa shape index (κ1) is 6.53. The molecular weight excluding hydrogens is 116 g/mol. The zero-order chi connectivity index (χ0) is 6.69. The topological polar surface area (TPSA) is 36.3 Å². The summed E-state index contributed by atoms with van der Waals surface area (Å²) in [5, 5.41) is 10.1. The normalized spacial score (nSPS) is 29.6. The fraction of sp³-hybridized carbons (Fsp3) is 0.833. The van der Waals surface area contributed by atoms with Gasteiger partial charge < -0.3 is 0 Å². The minimum atomic E-state index is -0.0289. The van der Waals surface area contributed by atoms with Crippen LogP contribution in [0.4, 0.5) is 0 Å². The molecule has 1 rings (SSSR count). The van der Waals surface area contributed by atoms with Gasteiger partial charge in [0.1, 0.15) is 6.04 Å². The third-order valence-electron chi connectivity index (χ3n) is 1.50. The van der Waals surface area contributed by atoms with E-state index in [1.54, 1.807) is 12.1 Å². The summed E-state index contributed by atoms with van der Waals surface area (Å²) in [7, 11) is 1.80. The largest absolute Gasteiger partial charge is 0.298 e. The SMILES string of the molecule is CN1OCCCC1C#N. The molecule has 3 heteroatoms. The first-order valence-corrected chi connectivity index (χ1v) is 3.10. The predicted molar refractivity (Wildman–Crippen MR) is 32.3 cm³/mol. The average Bonchev–Trinajstić information content (AvgIpc) is 1.89. The van der Waals surface area contributed by atoms with Gasteiger partial charge in [0, 0.05) is 7.05 Å². The van der Waals surface area contributed by atoms with Crippen LogP contribution in [0.2, 0.25) is 0 Å². The van der Waals surface area contributed by atoms with Crippen molar-refractivity contribution in [2.24, 2.45) is 0 Å². The van der Waals surface area contributed by atoms with Crippen LogP contribution in [0.25, 0.3) is 0 Å². The maximum absolute atomic E-state index is 8.49. The summed E-state index contributed by atoms with van der Waals surface area (Å²) in [6, 6.07) is 2.13. The lowest BCUT2D eigenvalue weighted by Gasteiger charge is -2.26. The van der Waals surface area contributed by atoms with Gasteiger partial charge in [-0.3, -0.25) is 4.84 Å². The molecule has 1 aliphatic rings. The summed E-state index contributed by atoms with van der Waals surface area (Å²) in [4.78, 5) is 5.09. The second-order valence-corrected chi connectivity index (χ2v) is 2.17. The van der Waals surface area contributed by atoms with Gasteiger partial charge in [-0.2, -0.15) is 10.3 Å². The number of nitriles is 1. The molecule has 0 aromatic rings. The van der Waals surface area contributed by atoms with E-state index in [0.29, 0.717) is 0 Å². The molecule has 0 aliphatic carbocycles. The Labute approximate surface area is 54.8 Å². The van der Waals surface area contributed by atoms with Gasteiger partial charge in [-0.1, -0.05) is 0 Å². The Hall–Kier alpha value is -0.590. The van der Waals surface area contributed by atoms with Crippen molar-refractivity contribution in [1.82, 2.24) is 5.06 Å². The van der Waals surface area contributed by atoms with E-state index in [-0.39, 0.29) is 6.04 Å². The molecule has 3 nitrogen and oxygen atoms in total. The molecule has 1 unspecified atom stereocenters. The molecule has 1 aliphatic heterocycles. The molecule has 1 heterocycles. The first-order valence-electron chi connectivity index (χ1n) is 3.10. The average molecular weight is 126 g/mol. The molecule has 0 N–H and O–H groups in total. The highest BCUT2D eigenvalue weighted by Gasteiger charge is 2.18. The van der Waals surface area contributed by atoms with Crippen molar-refractivity contribution in [2.75, 3.05) is 13.7 Å². The molecule has 0 aromatic carbocycles. The summed E-state index contributed by atoms with van der Waals surface area (Å²) in [5.74, 6) is 0. The predicted octanol–water partition coefficient (Wildman–Crippen LogP) is 0.536. The van der Waals surface area contributed by atoms with Crippen LogP contribution in [0, 0.1) is 11.3 Å². The van der Waals surface area contributed by atoms with Crippen molar-refractivity contribution >= 4 is 0 Å². The number of hydroxylamine groups is 2. The summed E-state index contributed by atoms with van der Waals surface area (Å²) >= 11 is 0. The van der Waals surface area contributed by atoms with E-state index >= 15 is 0 Å². The monoisotopic (exact) mass is 126 g/mol. The first-order chi connectivity index (χ1) is 4.34. The van der Waals surface area contributed by atoms with Crippen LogP contribution >= 0.6 is 0 Å². The van der Waals surface area contributed by atoms with Crippen LogP contribution in [-0.4, -0.2) is 24.8 Å². The van der Waals surface area contributed by atoms with E-state index in [9.17, 15) is 0 Å². The van der Waals surface area contributed by atoms with E-state index in [0.717, 1.165) is 19.4 Å². The third-order valence-corrected chi connectivity index (χ3v) is 1.50. The van der Waals surface area contributed by atoms with Crippen molar-refractivity contribution in [3.05, 3.63) is 0 Å².